The molecule has 0 atom stereocenters. The highest BCUT2D eigenvalue weighted by molar-refractivity contribution is 9.10. The van der Waals surface area contributed by atoms with Gasteiger partial charge in [-0.1, -0.05) is 15.9 Å². The van der Waals surface area contributed by atoms with Gasteiger partial charge in [-0.05, 0) is 24.3 Å². The van der Waals surface area contributed by atoms with Gasteiger partial charge < -0.3 is 11.1 Å². The van der Waals surface area contributed by atoms with Gasteiger partial charge in [0.2, 0.25) is 0 Å². The highest BCUT2D eigenvalue weighted by Gasteiger charge is 2.27. The average Bonchev–Trinajstić information content (AvgIpc) is 2.27. The molecular weight excluding hydrogens is 317 g/mol. The van der Waals surface area contributed by atoms with Gasteiger partial charge in [-0.15, -0.1) is 12.4 Å². The van der Waals surface area contributed by atoms with Crippen LogP contribution in [0.2, 0.25) is 0 Å². The lowest BCUT2D eigenvalue weighted by Crippen LogP contribution is -2.41. The first kappa shape index (κ1) is 16.3. The summed E-state index contributed by atoms with van der Waals surface area (Å²) in [5.41, 5.74) is 5.17. The second-order valence-electron chi connectivity index (χ2n) is 3.25. The quantitative estimate of drug-likeness (QED) is 0.890. The molecule has 0 radical (unpaired) electrons. The smallest absolute Gasteiger partial charge is 0.277 e. The van der Waals surface area contributed by atoms with E-state index in [2.05, 4.69) is 21.2 Å². The topological polar surface area (TPSA) is 55.1 Å². The minimum Gasteiger partial charge on any atom is -0.346 e. The molecule has 3 nitrogen and oxygen atoms in total. The summed E-state index contributed by atoms with van der Waals surface area (Å²) < 4.78 is 26.3. The van der Waals surface area contributed by atoms with E-state index in [1.165, 1.54) is 0 Å². The molecule has 0 aliphatic heterocycles. The Morgan fingerprint density at radius 2 is 1.88 bits per heavy atom. The predicted molar refractivity (Wildman–Crippen MR) is 67.7 cm³/mol. The van der Waals surface area contributed by atoms with Crippen molar-refractivity contribution in [3.05, 3.63) is 34.3 Å². The van der Waals surface area contributed by atoms with Crippen molar-refractivity contribution in [2.24, 2.45) is 5.73 Å². The van der Waals surface area contributed by atoms with Gasteiger partial charge in [0, 0.05) is 10.0 Å². The van der Waals surface area contributed by atoms with Crippen molar-refractivity contribution in [3.63, 3.8) is 0 Å². The molecule has 7 heteroatoms. The summed E-state index contributed by atoms with van der Waals surface area (Å²) in [5, 5.41) is 2.13. The van der Waals surface area contributed by atoms with Crippen LogP contribution in [0, 0.1) is 0 Å². The zero-order chi connectivity index (χ0) is 12.2. The van der Waals surface area contributed by atoms with Gasteiger partial charge in [0.25, 0.3) is 11.8 Å². The van der Waals surface area contributed by atoms with Gasteiger partial charge in [-0.3, -0.25) is 4.79 Å². The van der Waals surface area contributed by atoms with Crippen LogP contribution >= 0.6 is 28.3 Å². The molecule has 0 unspecified atom stereocenters. The summed E-state index contributed by atoms with van der Waals surface area (Å²) in [5.74, 6) is -3.61. The normalized spacial score (nSPS) is 10.6. The summed E-state index contributed by atoms with van der Waals surface area (Å²) in [6.07, 6.45) is 0. The van der Waals surface area contributed by atoms with E-state index >= 15 is 0 Å². The van der Waals surface area contributed by atoms with E-state index < -0.39 is 24.9 Å². The second-order valence-corrected chi connectivity index (χ2v) is 4.17. The van der Waals surface area contributed by atoms with Crippen LogP contribution in [0.3, 0.4) is 0 Å². The van der Waals surface area contributed by atoms with Crippen LogP contribution in [-0.2, 0) is 0 Å². The Morgan fingerprint density at radius 1 is 1.35 bits per heavy atom. The molecule has 17 heavy (non-hydrogen) atoms. The predicted octanol–water partition coefficient (Wildman–Crippen LogP) is 2.19. The van der Waals surface area contributed by atoms with Crippen LogP contribution in [0.25, 0.3) is 0 Å². The van der Waals surface area contributed by atoms with Gasteiger partial charge in [-0.2, -0.15) is 0 Å². The number of nitrogens with one attached hydrogen (secondary N) is 1. The fourth-order valence-electron chi connectivity index (χ4n) is 0.985. The molecule has 0 aliphatic rings. The van der Waals surface area contributed by atoms with E-state index in [-0.39, 0.29) is 12.4 Å². The number of hydrogen-bond donors (Lipinski definition) is 2. The maximum absolute atomic E-state index is 12.7. The van der Waals surface area contributed by atoms with Crippen molar-refractivity contribution in [2.75, 3.05) is 13.1 Å². The molecule has 0 aromatic heterocycles. The first-order valence-electron chi connectivity index (χ1n) is 4.56. The van der Waals surface area contributed by atoms with Crippen LogP contribution in [0.5, 0.6) is 0 Å². The summed E-state index contributed by atoms with van der Waals surface area (Å²) in [4.78, 5) is 11.4. The molecule has 0 saturated heterocycles. The zero-order valence-corrected chi connectivity index (χ0v) is 11.2. The number of hydrogen-bond acceptors (Lipinski definition) is 2. The van der Waals surface area contributed by atoms with E-state index in [0.717, 1.165) is 4.47 Å². The van der Waals surface area contributed by atoms with Crippen molar-refractivity contribution in [2.45, 2.75) is 5.92 Å². The molecule has 1 aromatic rings. The molecular formula is C10H12BrClF2N2O. The maximum atomic E-state index is 12.7. The van der Waals surface area contributed by atoms with Crippen LogP contribution in [0.4, 0.5) is 8.78 Å². The third-order valence-electron chi connectivity index (χ3n) is 1.91. The largest absolute Gasteiger partial charge is 0.346 e. The van der Waals surface area contributed by atoms with Crippen molar-refractivity contribution in [3.8, 4) is 0 Å². The monoisotopic (exact) mass is 328 g/mol. The summed E-state index contributed by atoms with van der Waals surface area (Å²) >= 11 is 3.21. The van der Waals surface area contributed by atoms with Crippen molar-refractivity contribution >= 4 is 34.2 Å². The molecule has 1 rings (SSSR count). The lowest BCUT2D eigenvalue weighted by Gasteiger charge is -2.14. The fourth-order valence-corrected chi connectivity index (χ4v) is 1.25. The minimum atomic E-state index is -3.06. The highest BCUT2D eigenvalue weighted by atomic mass is 79.9. The Hall–Kier alpha value is -0.720. The number of rotatable bonds is 4. The van der Waals surface area contributed by atoms with E-state index in [0.29, 0.717) is 5.56 Å². The van der Waals surface area contributed by atoms with Gasteiger partial charge in [0.15, 0.2) is 0 Å². The number of carbonyl (C=O) groups is 1. The Labute approximate surface area is 112 Å². The third-order valence-corrected chi connectivity index (χ3v) is 2.44. The Kier molecular flexibility index (Phi) is 6.59. The molecule has 1 aromatic carbocycles. The van der Waals surface area contributed by atoms with E-state index in [4.69, 9.17) is 5.73 Å². The number of carbonyl (C=O) groups excluding carboxylic acids is 1. The van der Waals surface area contributed by atoms with Gasteiger partial charge in [0.1, 0.15) is 0 Å². The molecule has 0 bridgehead atoms. The second kappa shape index (κ2) is 6.88. The Morgan fingerprint density at radius 3 is 2.35 bits per heavy atom. The molecule has 0 heterocycles. The molecule has 3 N–H and O–H groups in total. The molecule has 0 aliphatic carbocycles. The number of nitrogens with two attached hydrogens (primary N) is 1. The van der Waals surface area contributed by atoms with Crippen molar-refractivity contribution in [1.82, 2.24) is 5.32 Å². The SMILES string of the molecule is Cl.NCC(F)(F)CNC(=O)c1ccc(Br)cc1. The zero-order valence-electron chi connectivity index (χ0n) is 8.75. The van der Waals surface area contributed by atoms with Gasteiger partial charge in [-0.25, -0.2) is 8.78 Å². The van der Waals surface area contributed by atoms with E-state index in [9.17, 15) is 13.6 Å². The molecule has 0 fully saturated rings. The lowest BCUT2D eigenvalue weighted by atomic mass is 10.2. The fraction of sp³-hybridized carbons (Fsp3) is 0.300. The third kappa shape index (κ3) is 5.43. The number of halogens is 4. The van der Waals surface area contributed by atoms with Crippen LogP contribution in [0.15, 0.2) is 28.7 Å². The van der Waals surface area contributed by atoms with Crippen LogP contribution < -0.4 is 11.1 Å². The Bertz CT molecular complexity index is 373. The molecule has 0 spiro atoms. The molecule has 1 amide bonds. The van der Waals surface area contributed by atoms with Crippen LogP contribution in [0.1, 0.15) is 10.4 Å². The summed E-state index contributed by atoms with van der Waals surface area (Å²) in [7, 11) is 0. The van der Waals surface area contributed by atoms with Gasteiger partial charge >= 0.3 is 0 Å². The molecule has 0 saturated carbocycles. The lowest BCUT2D eigenvalue weighted by molar-refractivity contribution is 0.0118. The number of amides is 1. The molecule has 96 valence electrons. The Balaban J connectivity index is 0.00000256. The highest BCUT2D eigenvalue weighted by Crippen LogP contribution is 2.12. The average molecular weight is 330 g/mol. The maximum Gasteiger partial charge on any atom is 0.277 e. The number of alkyl halides is 2. The summed E-state index contributed by atoms with van der Waals surface area (Å²) in [6, 6.07) is 6.41. The first-order chi connectivity index (χ1) is 7.44. The number of benzene rings is 1. The van der Waals surface area contributed by atoms with E-state index in [1.54, 1.807) is 24.3 Å². The summed E-state index contributed by atoms with van der Waals surface area (Å²) in [6.45, 7) is -1.54. The van der Waals surface area contributed by atoms with Crippen LogP contribution in [-0.4, -0.2) is 24.9 Å². The minimum absolute atomic E-state index is 0. The van der Waals surface area contributed by atoms with Crippen molar-refractivity contribution in [1.29, 1.82) is 0 Å². The standard InChI is InChI=1S/C10H11BrF2N2O.ClH/c11-8-3-1-7(2-4-8)9(16)15-6-10(12,13)5-14;/h1-4H,5-6,14H2,(H,15,16);1H. The first-order valence-corrected chi connectivity index (χ1v) is 5.35. The van der Waals surface area contributed by atoms with Gasteiger partial charge in [0.05, 0.1) is 13.1 Å². The van der Waals surface area contributed by atoms with E-state index in [1.807, 2.05) is 0 Å². The van der Waals surface area contributed by atoms with Crippen molar-refractivity contribution < 1.29 is 13.6 Å².